The van der Waals surface area contributed by atoms with Gasteiger partial charge in [-0.05, 0) is 31.2 Å². The van der Waals surface area contributed by atoms with E-state index < -0.39 is 0 Å². The van der Waals surface area contributed by atoms with Crippen molar-refractivity contribution < 1.29 is 9.47 Å². The van der Waals surface area contributed by atoms with Gasteiger partial charge < -0.3 is 15.2 Å². The Morgan fingerprint density at radius 2 is 2.11 bits per heavy atom. The standard InChI is InChI=1S/C15H26N2O2/c1-4-17(9-10-19-5-2)15(12-16)13-7-6-8-14(11-13)18-3/h6-8,11,15H,4-5,9-10,12,16H2,1-3H3. The van der Waals surface area contributed by atoms with Crippen molar-refractivity contribution in [2.45, 2.75) is 19.9 Å². The van der Waals surface area contributed by atoms with Gasteiger partial charge in [0.15, 0.2) is 0 Å². The molecule has 0 amide bonds. The molecular weight excluding hydrogens is 240 g/mol. The highest BCUT2D eigenvalue weighted by Gasteiger charge is 2.17. The Labute approximate surface area is 116 Å². The first-order chi connectivity index (χ1) is 9.26. The second kappa shape index (κ2) is 8.91. The zero-order valence-electron chi connectivity index (χ0n) is 12.3. The van der Waals surface area contributed by atoms with E-state index in [1.807, 2.05) is 19.1 Å². The number of ether oxygens (including phenoxy) is 2. The second-order valence-corrected chi connectivity index (χ2v) is 4.35. The fraction of sp³-hybridized carbons (Fsp3) is 0.600. The summed E-state index contributed by atoms with van der Waals surface area (Å²) in [6, 6.07) is 8.32. The molecule has 0 aliphatic rings. The molecule has 1 unspecified atom stereocenters. The molecule has 1 aromatic rings. The van der Waals surface area contributed by atoms with Gasteiger partial charge in [0.05, 0.1) is 13.7 Å². The molecule has 19 heavy (non-hydrogen) atoms. The molecule has 2 N–H and O–H groups in total. The second-order valence-electron chi connectivity index (χ2n) is 4.35. The fourth-order valence-corrected chi connectivity index (χ4v) is 2.21. The summed E-state index contributed by atoms with van der Waals surface area (Å²) in [5.41, 5.74) is 7.15. The average Bonchev–Trinajstić information content (AvgIpc) is 2.46. The summed E-state index contributed by atoms with van der Waals surface area (Å²) in [5.74, 6) is 0.872. The van der Waals surface area contributed by atoms with Crippen LogP contribution in [-0.4, -0.2) is 44.9 Å². The quantitative estimate of drug-likeness (QED) is 0.695. The first kappa shape index (κ1) is 16.0. The van der Waals surface area contributed by atoms with E-state index in [0.29, 0.717) is 6.54 Å². The molecule has 0 aliphatic heterocycles. The highest BCUT2D eigenvalue weighted by Crippen LogP contribution is 2.23. The lowest BCUT2D eigenvalue weighted by Gasteiger charge is -2.30. The van der Waals surface area contributed by atoms with Gasteiger partial charge in [0.25, 0.3) is 0 Å². The van der Waals surface area contributed by atoms with Crippen molar-refractivity contribution in [3.63, 3.8) is 0 Å². The number of hydrogen-bond donors (Lipinski definition) is 1. The van der Waals surface area contributed by atoms with Crippen LogP contribution in [0, 0.1) is 0 Å². The maximum atomic E-state index is 5.95. The van der Waals surface area contributed by atoms with Crippen LogP contribution < -0.4 is 10.5 Å². The van der Waals surface area contributed by atoms with Gasteiger partial charge in [-0.15, -0.1) is 0 Å². The van der Waals surface area contributed by atoms with Gasteiger partial charge in [-0.25, -0.2) is 0 Å². The third-order valence-corrected chi connectivity index (χ3v) is 3.28. The summed E-state index contributed by atoms with van der Waals surface area (Å²) in [7, 11) is 1.68. The number of methoxy groups -OCH3 is 1. The Hall–Kier alpha value is -1.10. The smallest absolute Gasteiger partial charge is 0.119 e. The van der Waals surface area contributed by atoms with Crippen molar-refractivity contribution in [3.8, 4) is 5.75 Å². The zero-order chi connectivity index (χ0) is 14.1. The van der Waals surface area contributed by atoms with Crippen LogP contribution >= 0.6 is 0 Å². The lowest BCUT2D eigenvalue weighted by Crippen LogP contribution is -2.36. The molecule has 0 saturated carbocycles. The Bertz CT molecular complexity index is 358. The Morgan fingerprint density at radius 3 is 2.68 bits per heavy atom. The Balaban J connectivity index is 2.77. The van der Waals surface area contributed by atoms with Crippen LogP contribution in [-0.2, 0) is 4.74 Å². The molecule has 1 atom stereocenters. The summed E-state index contributed by atoms with van der Waals surface area (Å²) in [5, 5.41) is 0. The number of nitrogens with zero attached hydrogens (tertiary/aromatic N) is 1. The monoisotopic (exact) mass is 266 g/mol. The summed E-state index contributed by atoms with van der Waals surface area (Å²) >= 11 is 0. The number of rotatable bonds is 9. The van der Waals surface area contributed by atoms with Crippen molar-refractivity contribution in [2.24, 2.45) is 5.73 Å². The van der Waals surface area contributed by atoms with E-state index in [1.54, 1.807) is 7.11 Å². The van der Waals surface area contributed by atoms with Crippen molar-refractivity contribution in [3.05, 3.63) is 29.8 Å². The normalized spacial score (nSPS) is 12.7. The fourth-order valence-electron chi connectivity index (χ4n) is 2.21. The molecule has 0 radical (unpaired) electrons. The molecule has 0 aliphatic carbocycles. The largest absolute Gasteiger partial charge is 0.497 e. The van der Waals surface area contributed by atoms with Gasteiger partial charge >= 0.3 is 0 Å². The van der Waals surface area contributed by atoms with Crippen molar-refractivity contribution >= 4 is 0 Å². The van der Waals surface area contributed by atoms with Crippen LogP contribution in [0.15, 0.2) is 24.3 Å². The van der Waals surface area contributed by atoms with Crippen LogP contribution in [0.1, 0.15) is 25.5 Å². The van der Waals surface area contributed by atoms with Crippen molar-refractivity contribution in [2.75, 3.05) is 40.0 Å². The van der Waals surface area contributed by atoms with Gasteiger partial charge in [-0.2, -0.15) is 0 Å². The zero-order valence-corrected chi connectivity index (χ0v) is 12.3. The molecule has 108 valence electrons. The van der Waals surface area contributed by atoms with Crippen LogP contribution in [0.4, 0.5) is 0 Å². The van der Waals surface area contributed by atoms with Gasteiger partial charge in [0, 0.05) is 25.7 Å². The molecule has 4 heteroatoms. The third-order valence-electron chi connectivity index (χ3n) is 3.28. The molecule has 0 aromatic heterocycles. The highest BCUT2D eigenvalue weighted by molar-refractivity contribution is 5.30. The molecule has 0 heterocycles. The number of hydrogen-bond acceptors (Lipinski definition) is 4. The van der Waals surface area contributed by atoms with Crippen LogP contribution in [0.3, 0.4) is 0 Å². The van der Waals surface area contributed by atoms with E-state index in [2.05, 4.69) is 24.0 Å². The minimum Gasteiger partial charge on any atom is -0.497 e. The SMILES string of the molecule is CCOCCN(CC)C(CN)c1cccc(OC)c1. The topological polar surface area (TPSA) is 47.7 Å². The van der Waals surface area contributed by atoms with Crippen LogP contribution in [0.25, 0.3) is 0 Å². The van der Waals surface area contributed by atoms with Gasteiger partial charge in [0.1, 0.15) is 5.75 Å². The third kappa shape index (κ3) is 4.82. The predicted octanol–water partition coefficient (Wildman–Crippen LogP) is 2.05. The predicted molar refractivity (Wildman–Crippen MR) is 78.5 cm³/mol. The van der Waals surface area contributed by atoms with E-state index in [-0.39, 0.29) is 6.04 Å². The summed E-state index contributed by atoms with van der Waals surface area (Å²) in [6.07, 6.45) is 0. The molecule has 1 rings (SSSR count). The van der Waals surface area contributed by atoms with Crippen LogP contribution in [0.2, 0.25) is 0 Å². The van der Waals surface area contributed by atoms with Gasteiger partial charge in [0.2, 0.25) is 0 Å². The summed E-state index contributed by atoms with van der Waals surface area (Å²) in [6.45, 7) is 8.09. The van der Waals surface area contributed by atoms with Crippen LogP contribution in [0.5, 0.6) is 5.75 Å². The Morgan fingerprint density at radius 1 is 1.32 bits per heavy atom. The van der Waals surface area contributed by atoms with E-state index in [4.69, 9.17) is 15.2 Å². The van der Waals surface area contributed by atoms with E-state index in [9.17, 15) is 0 Å². The maximum absolute atomic E-state index is 5.95. The summed E-state index contributed by atoms with van der Waals surface area (Å²) in [4.78, 5) is 2.34. The minimum absolute atomic E-state index is 0.209. The minimum atomic E-state index is 0.209. The van der Waals surface area contributed by atoms with Crippen molar-refractivity contribution in [1.29, 1.82) is 0 Å². The van der Waals surface area contributed by atoms with E-state index in [1.165, 1.54) is 5.56 Å². The average molecular weight is 266 g/mol. The highest BCUT2D eigenvalue weighted by atomic mass is 16.5. The molecule has 0 fully saturated rings. The molecule has 0 bridgehead atoms. The first-order valence-electron chi connectivity index (χ1n) is 6.92. The lowest BCUT2D eigenvalue weighted by atomic mass is 10.0. The lowest BCUT2D eigenvalue weighted by molar-refractivity contribution is 0.0980. The number of benzene rings is 1. The molecule has 1 aromatic carbocycles. The van der Waals surface area contributed by atoms with E-state index in [0.717, 1.165) is 32.1 Å². The molecular formula is C15H26N2O2. The van der Waals surface area contributed by atoms with Crippen molar-refractivity contribution in [1.82, 2.24) is 4.90 Å². The summed E-state index contributed by atoms with van der Waals surface area (Å²) < 4.78 is 10.7. The maximum Gasteiger partial charge on any atom is 0.119 e. The van der Waals surface area contributed by atoms with Gasteiger partial charge in [-0.1, -0.05) is 19.1 Å². The number of nitrogens with two attached hydrogens (primary N) is 1. The van der Waals surface area contributed by atoms with Gasteiger partial charge in [-0.3, -0.25) is 4.90 Å². The molecule has 0 spiro atoms. The molecule has 0 saturated heterocycles. The first-order valence-corrected chi connectivity index (χ1v) is 6.92. The Kier molecular flexibility index (Phi) is 7.48. The number of likely N-dealkylation sites (N-methyl/N-ethyl adjacent to an activating group) is 1. The van der Waals surface area contributed by atoms with E-state index >= 15 is 0 Å². The molecule has 4 nitrogen and oxygen atoms in total.